The zero-order chi connectivity index (χ0) is 12.8. The third-order valence-electron chi connectivity index (χ3n) is 3.10. The molecule has 98 valence electrons. The fraction of sp³-hybridized carbons (Fsp3) is 0.500. The summed E-state index contributed by atoms with van der Waals surface area (Å²) in [5.41, 5.74) is 2.50. The molecule has 0 fully saturated rings. The first-order valence-electron chi connectivity index (χ1n) is 6.27. The van der Waals surface area contributed by atoms with Crippen molar-refractivity contribution in [3.8, 4) is 0 Å². The molecular weight excluding hydrogens is 230 g/mol. The number of ether oxygens (including phenoxy) is 2. The fourth-order valence-corrected chi connectivity index (χ4v) is 2.10. The topological polar surface area (TPSA) is 47.6 Å². The third-order valence-corrected chi connectivity index (χ3v) is 3.10. The van der Waals surface area contributed by atoms with Crippen LogP contribution >= 0.6 is 0 Å². The van der Waals surface area contributed by atoms with Crippen LogP contribution in [0.1, 0.15) is 17.5 Å². The van der Waals surface area contributed by atoms with Crippen molar-refractivity contribution in [3.05, 3.63) is 35.4 Å². The number of fused-ring (bicyclic) bond motifs is 1. The van der Waals surface area contributed by atoms with Crippen molar-refractivity contribution in [1.82, 2.24) is 5.32 Å². The Morgan fingerprint density at radius 3 is 2.89 bits per heavy atom. The van der Waals surface area contributed by atoms with E-state index in [1.54, 1.807) is 7.11 Å². The first kappa shape index (κ1) is 13.1. The normalized spacial score (nSPS) is 18.2. The summed E-state index contributed by atoms with van der Waals surface area (Å²) < 4.78 is 10.1. The van der Waals surface area contributed by atoms with Gasteiger partial charge in [-0.3, -0.25) is 4.79 Å². The average molecular weight is 249 g/mol. The van der Waals surface area contributed by atoms with Gasteiger partial charge in [0.1, 0.15) is 6.04 Å². The molecule has 4 nitrogen and oxygen atoms in total. The van der Waals surface area contributed by atoms with Crippen LogP contribution in [0.4, 0.5) is 0 Å². The molecule has 1 heterocycles. The van der Waals surface area contributed by atoms with Crippen LogP contribution in [0.15, 0.2) is 24.3 Å². The number of hydrogen-bond donors (Lipinski definition) is 1. The molecule has 1 aliphatic rings. The molecule has 0 aliphatic carbocycles. The molecule has 0 saturated heterocycles. The van der Waals surface area contributed by atoms with Crippen molar-refractivity contribution in [1.29, 1.82) is 0 Å². The Hall–Kier alpha value is -1.39. The molecule has 0 bridgehead atoms. The van der Waals surface area contributed by atoms with Gasteiger partial charge in [-0.05, 0) is 17.5 Å². The van der Waals surface area contributed by atoms with Gasteiger partial charge in [0.05, 0.1) is 6.61 Å². The molecule has 0 amide bonds. The lowest BCUT2D eigenvalue weighted by Gasteiger charge is -2.24. The summed E-state index contributed by atoms with van der Waals surface area (Å²) in [5.74, 6) is -0.166. The standard InChI is InChI=1S/C14H19NO3/c1-17-7-4-8-18-14(16)13-9-11-5-2-3-6-12(11)10-15-13/h2-3,5-6,13,15H,4,7-10H2,1H3. The summed E-state index contributed by atoms with van der Waals surface area (Å²) in [5, 5.41) is 3.21. The van der Waals surface area contributed by atoms with Gasteiger partial charge in [0.25, 0.3) is 0 Å². The van der Waals surface area contributed by atoms with E-state index in [9.17, 15) is 4.79 Å². The number of nitrogens with one attached hydrogen (secondary N) is 1. The average Bonchev–Trinajstić information content (AvgIpc) is 2.43. The zero-order valence-electron chi connectivity index (χ0n) is 10.6. The van der Waals surface area contributed by atoms with Gasteiger partial charge in [0, 0.05) is 26.7 Å². The minimum absolute atomic E-state index is 0.166. The van der Waals surface area contributed by atoms with Crippen molar-refractivity contribution in [2.45, 2.75) is 25.4 Å². The molecule has 2 rings (SSSR count). The Morgan fingerprint density at radius 1 is 1.33 bits per heavy atom. The largest absolute Gasteiger partial charge is 0.464 e. The lowest BCUT2D eigenvalue weighted by molar-refractivity contribution is -0.146. The lowest BCUT2D eigenvalue weighted by atomic mass is 9.96. The molecule has 0 radical (unpaired) electrons. The number of methoxy groups -OCH3 is 1. The Bertz CT molecular complexity index is 406. The Balaban J connectivity index is 1.83. The van der Waals surface area contributed by atoms with E-state index in [0.29, 0.717) is 19.6 Å². The maximum atomic E-state index is 11.8. The summed E-state index contributed by atoms with van der Waals surface area (Å²) >= 11 is 0. The van der Waals surface area contributed by atoms with Crippen LogP contribution < -0.4 is 5.32 Å². The van der Waals surface area contributed by atoms with E-state index in [2.05, 4.69) is 17.4 Å². The highest BCUT2D eigenvalue weighted by molar-refractivity contribution is 5.76. The van der Waals surface area contributed by atoms with Gasteiger partial charge in [-0.25, -0.2) is 0 Å². The van der Waals surface area contributed by atoms with E-state index >= 15 is 0 Å². The van der Waals surface area contributed by atoms with E-state index in [1.807, 2.05) is 12.1 Å². The van der Waals surface area contributed by atoms with Crippen LogP contribution in [-0.4, -0.2) is 32.3 Å². The SMILES string of the molecule is COCCCOC(=O)C1Cc2ccccc2CN1. The first-order chi connectivity index (χ1) is 8.81. The maximum Gasteiger partial charge on any atom is 0.323 e. The molecule has 0 spiro atoms. The highest BCUT2D eigenvalue weighted by Gasteiger charge is 2.24. The molecular formula is C14H19NO3. The van der Waals surface area contributed by atoms with E-state index < -0.39 is 0 Å². The van der Waals surface area contributed by atoms with Crippen molar-refractivity contribution < 1.29 is 14.3 Å². The summed E-state index contributed by atoms with van der Waals surface area (Å²) in [6.07, 6.45) is 1.45. The van der Waals surface area contributed by atoms with Crippen molar-refractivity contribution in [2.24, 2.45) is 0 Å². The molecule has 18 heavy (non-hydrogen) atoms. The number of esters is 1. The molecule has 0 saturated carbocycles. The van der Waals surface area contributed by atoms with Crippen molar-refractivity contribution >= 4 is 5.97 Å². The number of benzene rings is 1. The number of carbonyl (C=O) groups is 1. The number of hydrogen-bond acceptors (Lipinski definition) is 4. The Kier molecular flexibility index (Phi) is 4.73. The molecule has 1 aliphatic heterocycles. The van der Waals surface area contributed by atoms with Crippen LogP contribution in [-0.2, 0) is 27.2 Å². The van der Waals surface area contributed by atoms with Crippen LogP contribution in [0.3, 0.4) is 0 Å². The van der Waals surface area contributed by atoms with Gasteiger partial charge in [-0.1, -0.05) is 24.3 Å². The molecule has 1 aromatic rings. The quantitative estimate of drug-likeness (QED) is 0.631. The van der Waals surface area contributed by atoms with E-state index in [0.717, 1.165) is 13.0 Å². The zero-order valence-corrected chi connectivity index (χ0v) is 10.6. The minimum atomic E-state index is -0.220. The van der Waals surface area contributed by atoms with E-state index in [4.69, 9.17) is 9.47 Å². The molecule has 1 atom stereocenters. The second-order valence-corrected chi connectivity index (χ2v) is 4.42. The second kappa shape index (κ2) is 6.52. The highest BCUT2D eigenvalue weighted by Crippen LogP contribution is 2.16. The van der Waals surface area contributed by atoms with Gasteiger partial charge in [-0.2, -0.15) is 0 Å². The van der Waals surface area contributed by atoms with Crippen LogP contribution in [0, 0.1) is 0 Å². The van der Waals surface area contributed by atoms with Gasteiger partial charge >= 0.3 is 5.97 Å². The van der Waals surface area contributed by atoms with Crippen molar-refractivity contribution in [2.75, 3.05) is 20.3 Å². The minimum Gasteiger partial charge on any atom is -0.464 e. The van der Waals surface area contributed by atoms with Gasteiger partial charge in [-0.15, -0.1) is 0 Å². The van der Waals surface area contributed by atoms with Gasteiger partial charge in [0.15, 0.2) is 0 Å². The predicted molar refractivity (Wildman–Crippen MR) is 68.2 cm³/mol. The number of rotatable bonds is 5. The van der Waals surface area contributed by atoms with Gasteiger partial charge < -0.3 is 14.8 Å². The summed E-state index contributed by atoms with van der Waals surface area (Å²) in [6.45, 7) is 1.77. The predicted octanol–water partition coefficient (Wildman–Crippen LogP) is 1.28. The summed E-state index contributed by atoms with van der Waals surface area (Å²) in [4.78, 5) is 11.8. The second-order valence-electron chi connectivity index (χ2n) is 4.42. The molecule has 1 N–H and O–H groups in total. The Labute approximate surface area is 107 Å². The highest BCUT2D eigenvalue weighted by atomic mass is 16.5. The van der Waals surface area contributed by atoms with Gasteiger partial charge in [0.2, 0.25) is 0 Å². The smallest absolute Gasteiger partial charge is 0.323 e. The van der Waals surface area contributed by atoms with E-state index in [1.165, 1.54) is 11.1 Å². The van der Waals surface area contributed by atoms with Crippen LogP contribution in [0.5, 0.6) is 0 Å². The lowest BCUT2D eigenvalue weighted by Crippen LogP contribution is -2.42. The van der Waals surface area contributed by atoms with Crippen molar-refractivity contribution in [3.63, 3.8) is 0 Å². The van der Waals surface area contributed by atoms with Crippen LogP contribution in [0.2, 0.25) is 0 Å². The molecule has 0 aromatic heterocycles. The summed E-state index contributed by atoms with van der Waals surface area (Å²) in [6, 6.07) is 7.96. The Morgan fingerprint density at radius 2 is 2.11 bits per heavy atom. The fourth-order valence-electron chi connectivity index (χ4n) is 2.10. The van der Waals surface area contributed by atoms with E-state index in [-0.39, 0.29) is 12.0 Å². The monoisotopic (exact) mass is 249 g/mol. The molecule has 4 heteroatoms. The van der Waals surface area contributed by atoms with Crippen LogP contribution in [0.25, 0.3) is 0 Å². The maximum absolute atomic E-state index is 11.8. The summed E-state index contributed by atoms with van der Waals surface area (Å²) in [7, 11) is 1.64. The molecule has 1 unspecified atom stereocenters. The molecule has 1 aromatic carbocycles. The third kappa shape index (κ3) is 3.31. The number of carbonyl (C=O) groups excluding carboxylic acids is 1. The first-order valence-corrected chi connectivity index (χ1v) is 6.27.